The Hall–Kier alpha value is -1.58. The van der Waals surface area contributed by atoms with Gasteiger partial charge in [0.15, 0.2) is 0 Å². The van der Waals surface area contributed by atoms with Crippen molar-refractivity contribution in [3.8, 4) is 5.75 Å². The second kappa shape index (κ2) is 5.17. The SMILES string of the molecule is COc1ccc(C(CN)CO)c2ccccc12. The summed E-state index contributed by atoms with van der Waals surface area (Å²) in [5, 5.41) is 11.5. The predicted molar refractivity (Wildman–Crippen MR) is 69.4 cm³/mol. The zero-order valence-corrected chi connectivity index (χ0v) is 9.89. The van der Waals surface area contributed by atoms with Gasteiger partial charge in [0.25, 0.3) is 0 Å². The van der Waals surface area contributed by atoms with E-state index in [1.165, 1.54) is 0 Å². The molecule has 0 radical (unpaired) electrons. The van der Waals surface area contributed by atoms with Crippen molar-refractivity contribution in [2.45, 2.75) is 5.92 Å². The first-order valence-corrected chi connectivity index (χ1v) is 5.68. The van der Waals surface area contributed by atoms with E-state index in [-0.39, 0.29) is 12.5 Å². The zero-order valence-electron chi connectivity index (χ0n) is 9.89. The fourth-order valence-corrected chi connectivity index (χ4v) is 2.13. The molecule has 0 saturated carbocycles. The molecule has 1 atom stereocenters. The third kappa shape index (κ3) is 2.12. The van der Waals surface area contributed by atoms with Crippen LogP contribution < -0.4 is 10.5 Å². The number of hydrogen-bond acceptors (Lipinski definition) is 3. The minimum Gasteiger partial charge on any atom is -0.496 e. The van der Waals surface area contributed by atoms with Gasteiger partial charge in [-0.05, 0) is 17.0 Å². The average Bonchev–Trinajstić information content (AvgIpc) is 2.40. The van der Waals surface area contributed by atoms with Gasteiger partial charge in [0.1, 0.15) is 5.75 Å². The Labute approximate surface area is 101 Å². The largest absolute Gasteiger partial charge is 0.496 e. The lowest BCUT2D eigenvalue weighted by Crippen LogP contribution is -2.16. The van der Waals surface area contributed by atoms with Crippen molar-refractivity contribution in [1.29, 1.82) is 0 Å². The minimum atomic E-state index is -0.0224. The maximum atomic E-state index is 9.35. The van der Waals surface area contributed by atoms with Crippen LogP contribution in [-0.2, 0) is 0 Å². The fraction of sp³-hybridized carbons (Fsp3) is 0.286. The summed E-state index contributed by atoms with van der Waals surface area (Å²) < 4.78 is 5.34. The van der Waals surface area contributed by atoms with Gasteiger partial charge in [-0.1, -0.05) is 30.3 Å². The van der Waals surface area contributed by atoms with Crippen molar-refractivity contribution in [2.24, 2.45) is 5.73 Å². The number of aliphatic hydroxyl groups is 1. The van der Waals surface area contributed by atoms with Crippen molar-refractivity contribution in [3.05, 3.63) is 42.0 Å². The van der Waals surface area contributed by atoms with Gasteiger partial charge in [-0.25, -0.2) is 0 Å². The minimum absolute atomic E-state index is 0.0224. The van der Waals surface area contributed by atoms with E-state index in [9.17, 15) is 5.11 Å². The third-order valence-electron chi connectivity index (χ3n) is 3.08. The van der Waals surface area contributed by atoms with Crippen molar-refractivity contribution in [1.82, 2.24) is 0 Å². The van der Waals surface area contributed by atoms with Crippen molar-refractivity contribution in [2.75, 3.05) is 20.3 Å². The summed E-state index contributed by atoms with van der Waals surface area (Å²) >= 11 is 0. The van der Waals surface area contributed by atoms with Crippen LogP contribution >= 0.6 is 0 Å². The van der Waals surface area contributed by atoms with Gasteiger partial charge >= 0.3 is 0 Å². The summed E-state index contributed by atoms with van der Waals surface area (Å²) in [5.41, 5.74) is 6.76. The lowest BCUT2D eigenvalue weighted by molar-refractivity contribution is 0.268. The molecule has 2 aromatic rings. The van der Waals surface area contributed by atoms with Gasteiger partial charge in [-0.15, -0.1) is 0 Å². The first-order valence-electron chi connectivity index (χ1n) is 5.68. The molecule has 3 heteroatoms. The van der Waals surface area contributed by atoms with Gasteiger partial charge in [-0.2, -0.15) is 0 Å². The van der Waals surface area contributed by atoms with E-state index in [0.29, 0.717) is 6.54 Å². The molecule has 2 rings (SSSR count). The molecule has 0 heterocycles. The zero-order chi connectivity index (χ0) is 12.3. The number of nitrogens with two attached hydrogens (primary N) is 1. The summed E-state index contributed by atoms with van der Waals surface area (Å²) in [6.07, 6.45) is 0. The molecule has 0 spiro atoms. The van der Waals surface area contributed by atoms with Crippen molar-refractivity contribution in [3.63, 3.8) is 0 Å². The molecule has 3 nitrogen and oxygen atoms in total. The summed E-state index contributed by atoms with van der Waals surface area (Å²) in [7, 11) is 1.66. The highest BCUT2D eigenvalue weighted by atomic mass is 16.5. The average molecular weight is 231 g/mol. The molecule has 0 fully saturated rings. The van der Waals surface area contributed by atoms with Crippen LogP contribution in [0.25, 0.3) is 10.8 Å². The first-order chi connectivity index (χ1) is 8.31. The number of hydrogen-bond donors (Lipinski definition) is 2. The molecular weight excluding hydrogens is 214 g/mol. The van der Waals surface area contributed by atoms with E-state index in [1.807, 2.05) is 36.4 Å². The Morgan fingerprint density at radius 1 is 1.18 bits per heavy atom. The molecule has 0 bridgehead atoms. The smallest absolute Gasteiger partial charge is 0.126 e. The number of rotatable bonds is 4. The van der Waals surface area contributed by atoms with Crippen LogP contribution in [-0.4, -0.2) is 25.4 Å². The summed E-state index contributed by atoms with van der Waals surface area (Å²) in [4.78, 5) is 0. The second-order valence-electron chi connectivity index (χ2n) is 4.02. The number of benzene rings is 2. The van der Waals surface area contributed by atoms with Crippen LogP contribution in [0, 0.1) is 0 Å². The maximum Gasteiger partial charge on any atom is 0.126 e. The van der Waals surface area contributed by atoms with Crippen molar-refractivity contribution < 1.29 is 9.84 Å². The molecule has 0 amide bonds. The van der Waals surface area contributed by atoms with Gasteiger partial charge < -0.3 is 15.6 Å². The highest BCUT2D eigenvalue weighted by Crippen LogP contribution is 2.31. The van der Waals surface area contributed by atoms with E-state index >= 15 is 0 Å². The van der Waals surface area contributed by atoms with Crippen LogP contribution in [0.4, 0.5) is 0 Å². The van der Waals surface area contributed by atoms with E-state index in [4.69, 9.17) is 10.5 Å². The van der Waals surface area contributed by atoms with Crippen LogP contribution in [0.1, 0.15) is 11.5 Å². The quantitative estimate of drug-likeness (QED) is 0.844. The fourth-order valence-electron chi connectivity index (χ4n) is 2.13. The normalized spacial score (nSPS) is 12.6. The molecule has 2 aromatic carbocycles. The van der Waals surface area contributed by atoms with E-state index in [0.717, 1.165) is 22.1 Å². The Morgan fingerprint density at radius 3 is 2.47 bits per heavy atom. The predicted octanol–water partition coefficient (Wildman–Crippen LogP) is 1.88. The number of methoxy groups -OCH3 is 1. The van der Waals surface area contributed by atoms with E-state index in [2.05, 4.69) is 0 Å². The van der Waals surface area contributed by atoms with Gasteiger partial charge in [0.2, 0.25) is 0 Å². The topological polar surface area (TPSA) is 55.5 Å². The monoisotopic (exact) mass is 231 g/mol. The highest BCUT2D eigenvalue weighted by molar-refractivity contribution is 5.91. The maximum absolute atomic E-state index is 9.35. The molecule has 0 aliphatic carbocycles. The first kappa shape index (κ1) is 11.9. The lowest BCUT2D eigenvalue weighted by Gasteiger charge is -2.16. The third-order valence-corrected chi connectivity index (χ3v) is 3.08. The molecule has 90 valence electrons. The molecule has 0 aliphatic heterocycles. The molecule has 3 N–H and O–H groups in total. The highest BCUT2D eigenvalue weighted by Gasteiger charge is 2.13. The molecule has 0 aliphatic rings. The van der Waals surface area contributed by atoms with Crippen LogP contribution in [0.5, 0.6) is 5.75 Å². The van der Waals surface area contributed by atoms with Crippen molar-refractivity contribution >= 4 is 10.8 Å². The van der Waals surface area contributed by atoms with Crippen LogP contribution in [0.3, 0.4) is 0 Å². The molecule has 0 aromatic heterocycles. The Balaban J connectivity index is 2.66. The van der Waals surface area contributed by atoms with Crippen LogP contribution in [0.2, 0.25) is 0 Å². The van der Waals surface area contributed by atoms with E-state index in [1.54, 1.807) is 7.11 Å². The lowest BCUT2D eigenvalue weighted by atomic mass is 9.93. The summed E-state index contributed by atoms with van der Waals surface area (Å²) in [6.45, 7) is 0.500. The molecular formula is C14H17NO2. The number of fused-ring (bicyclic) bond motifs is 1. The standard InChI is InChI=1S/C14H17NO2/c1-17-14-7-6-11(10(8-15)9-16)12-4-2-3-5-13(12)14/h2-7,10,16H,8-9,15H2,1H3. The molecule has 17 heavy (non-hydrogen) atoms. The Morgan fingerprint density at radius 2 is 1.88 bits per heavy atom. The number of ether oxygens (including phenoxy) is 1. The van der Waals surface area contributed by atoms with Crippen LogP contribution in [0.15, 0.2) is 36.4 Å². The second-order valence-corrected chi connectivity index (χ2v) is 4.02. The van der Waals surface area contributed by atoms with Gasteiger partial charge in [0, 0.05) is 17.8 Å². The van der Waals surface area contributed by atoms with Gasteiger partial charge in [-0.3, -0.25) is 0 Å². The molecule has 0 saturated heterocycles. The van der Waals surface area contributed by atoms with E-state index < -0.39 is 0 Å². The number of aliphatic hydroxyl groups excluding tert-OH is 1. The summed E-state index contributed by atoms with van der Waals surface area (Å²) in [6, 6.07) is 11.9. The Kier molecular flexibility index (Phi) is 3.61. The molecule has 1 unspecified atom stereocenters. The van der Waals surface area contributed by atoms with Gasteiger partial charge in [0.05, 0.1) is 13.7 Å². The summed E-state index contributed by atoms with van der Waals surface area (Å²) in [5.74, 6) is 0.823. The Bertz CT molecular complexity index is 507.